The maximum atomic E-state index is 12.0. The van der Waals surface area contributed by atoms with Crippen molar-refractivity contribution in [3.8, 4) is 0 Å². The zero-order chi connectivity index (χ0) is 15.5. The molecule has 1 amide bonds. The van der Waals surface area contributed by atoms with Crippen molar-refractivity contribution >= 4 is 34.5 Å². The van der Waals surface area contributed by atoms with Gasteiger partial charge in [-0.2, -0.15) is 5.10 Å². The largest absolute Gasteiger partial charge is 0.319 e. The van der Waals surface area contributed by atoms with E-state index in [1.165, 1.54) is 0 Å². The zero-order valence-corrected chi connectivity index (χ0v) is 13.2. The standard InChI is InChI=1S/C16H16N4OS/c1-11-7-8-22-15(11)9-17-19-16(21)10-20-12(2)18-13-5-3-4-6-14(13)20/h3-9H,10H2,1-2H3,(H,19,21)/b17-9-. The number of fused-ring (bicyclic) bond motifs is 1. The van der Waals surface area contributed by atoms with E-state index in [9.17, 15) is 4.79 Å². The average molecular weight is 312 g/mol. The van der Waals surface area contributed by atoms with E-state index in [1.807, 2.05) is 54.1 Å². The SMILES string of the molecule is Cc1ccsc1/C=N\NC(=O)Cn1c(C)nc2ccccc21. The molecule has 1 N–H and O–H groups in total. The first kappa shape index (κ1) is 14.5. The van der Waals surface area contributed by atoms with Gasteiger partial charge in [-0.1, -0.05) is 12.1 Å². The smallest absolute Gasteiger partial charge is 0.260 e. The number of nitrogens with one attached hydrogen (secondary N) is 1. The number of carbonyl (C=O) groups excluding carboxylic acids is 1. The van der Waals surface area contributed by atoms with Crippen molar-refractivity contribution in [2.75, 3.05) is 0 Å². The highest BCUT2D eigenvalue weighted by atomic mass is 32.1. The number of aromatic nitrogens is 2. The minimum atomic E-state index is -0.170. The quantitative estimate of drug-likeness (QED) is 0.595. The van der Waals surface area contributed by atoms with Crippen LogP contribution in [0.2, 0.25) is 0 Å². The molecule has 0 atom stereocenters. The molecule has 0 spiro atoms. The van der Waals surface area contributed by atoms with Crippen LogP contribution >= 0.6 is 11.3 Å². The van der Waals surface area contributed by atoms with Gasteiger partial charge in [0.25, 0.3) is 5.91 Å². The number of thiophene rings is 1. The predicted octanol–water partition coefficient (Wildman–Crippen LogP) is 2.86. The van der Waals surface area contributed by atoms with Crippen molar-refractivity contribution < 1.29 is 4.79 Å². The van der Waals surface area contributed by atoms with E-state index in [0.29, 0.717) is 0 Å². The number of aryl methyl sites for hydroxylation is 2. The number of hydrogen-bond acceptors (Lipinski definition) is 4. The summed E-state index contributed by atoms with van der Waals surface area (Å²) in [5.41, 5.74) is 5.57. The molecule has 0 aliphatic carbocycles. The lowest BCUT2D eigenvalue weighted by Gasteiger charge is -2.05. The Balaban J connectivity index is 1.70. The zero-order valence-electron chi connectivity index (χ0n) is 12.4. The third kappa shape index (κ3) is 2.92. The summed E-state index contributed by atoms with van der Waals surface area (Å²) in [6.45, 7) is 4.11. The Bertz CT molecular complexity index is 847. The third-order valence-electron chi connectivity index (χ3n) is 3.42. The predicted molar refractivity (Wildman–Crippen MR) is 89.3 cm³/mol. The Morgan fingerprint density at radius 2 is 2.18 bits per heavy atom. The molecule has 22 heavy (non-hydrogen) atoms. The van der Waals surface area contributed by atoms with Gasteiger partial charge >= 0.3 is 0 Å². The summed E-state index contributed by atoms with van der Waals surface area (Å²) in [6, 6.07) is 9.80. The Kier molecular flexibility index (Phi) is 4.02. The summed E-state index contributed by atoms with van der Waals surface area (Å²) in [7, 11) is 0. The van der Waals surface area contributed by atoms with Gasteiger partial charge in [-0.05, 0) is 43.0 Å². The molecule has 0 unspecified atom stereocenters. The molecule has 112 valence electrons. The first-order valence-corrected chi connectivity index (χ1v) is 7.81. The van der Waals surface area contributed by atoms with Crippen LogP contribution < -0.4 is 5.43 Å². The van der Waals surface area contributed by atoms with Gasteiger partial charge in [0.2, 0.25) is 0 Å². The van der Waals surface area contributed by atoms with E-state index < -0.39 is 0 Å². The van der Waals surface area contributed by atoms with Crippen LogP contribution in [-0.2, 0) is 11.3 Å². The van der Waals surface area contributed by atoms with E-state index in [-0.39, 0.29) is 12.5 Å². The van der Waals surface area contributed by atoms with Crippen molar-refractivity contribution in [1.82, 2.24) is 15.0 Å². The Labute approximate surface area is 132 Å². The number of rotatable bonds is 4. The first-order valence-electron chi connectivity index (χ1n) is 6.93. The molecule has 0 aliphatic heterocycles. The van der Waals surface area contributed by atoms with E-state index in [1.54, 1.807) is 17.6 Å². The minimum absolute atomic E-state index is 0.170. The lowest BCUT2D eigenvalue weighted by Crippen LogP contribution is -2.23. The maximum absolute atomic E-state index is 12.0. The Morgan fingerprint density at radius 3 is 2.95 bits per heavy atom. The lowest BCUT2D eigenvalue weighted by molar-refractivity contribution is -0.121. The van der Waals surface area contributed by atoms with Gasteiger partial charge in [-0.3, -0.25) is 4.79 Å². The first-order chi connectivity index (χ1) is 10.6. The minimum Gasteiger partial charge on any atom is -0.319 e. The molecule has 2 heterocycles. The van der Waals surface area contributed by atoms with Crippen LogP contribution in [0.3, 0.4) is 0 Å². The molecule has 5 nitrogen and oxygen atoms in total. The maximum Gasteiger partial charge on any atom is 0.260 e. The molecule has 6 heteroatoms. The van der Waals surface area contributed by atoms with Crippen LogP contribution in [-0.4, -0.2) is 21.7 Å². The van der Waals surface area contributed by atoms with Gasteiger partial charge in [0.1, 0.15) is 12.4 Å². The molecule has 0 saturated heterocycles. The van der Waals surface area contributed by atoms with Crippen LogP contribution in [0.25, 0.3) is 11.0 Å². The van der Waals surface area contributed by atoms with Gasteiger partial charge in [-0.15, -0.1) is 11.3 Å². The molecule has 2 aromatic heterocycles. The summed E-state index contributed by atoms with van der Waals surface area (Å²) in [4.78, 5) is 17.5. The normalized spacial score (nSPS) is 11.4. The van der Waals surface area contributed by atoms with Gasteiger partial charge in [0.05, 0.1) is 17.2 Å². The monoisotopic (exact) mass is 312 g/mol. The number of nitrogens with zero attached hydrogens (tertiary/aromatic N) is 3. The fourth-order valence-corrected chi connectivity index (χ4v) is 3.04. The van der Waals surface area contributed by atoms with Gasteiger partial charge in [0, 0.05) is 4.88 Å². The van der Waals surface area contributed by atoms with Crippen molar-refractivity contribution in [2.45, 2.75) is 20.4 Å². The fourth-order valence-electron chi connectivity index (χ4n) is 2.25. The van der Waals surface area contributed by atoms with Crippen LogP contribution in [0.5, 0.6) is 0 Å². The van der Waals surface area contributed by atoms with E-state index >= 15 is 0 Å². The van der Waals surface area contributed by atoms with E-state index in [2.05, 4.69) is 15.5 Å². The number of imidazole rings is 1. The van der Waals surface area contributed by atoms with Crippen LogP contribution in [0.1, 0.15) is 16.3 Å². The summed E-state index contributed by atoms with van der Waals surface area (Å²) >= 11 is 1.60. The number of carbonyl (C=O) groups is 1. The Morgan fingerprint density at radius 1 is 1.36 bits per heavy atom. The molecular formula is C16H16N4OS. The highest BCUT2D eigenvalue weighted by molar-refractivity contribution is 7.11. The summed E-state index contributed by atoms with van der Waals surface area (Å²) in [5, 5.41) is 6.02. The molecule has 0 bridgehead atoms. The number of hydrogen-bond donors (Lipinski definition) is 1. The summed E-state index contributed by atoms with van der Waals surface area (Å²) < 4.78 is 1.89. The van der Waals surface area contributed by atoms with Crippen LogP contribution in [0.15, 0.2) is 40.8 Å². The van der Waals surface area contributed by atoms with Crippen LogP contribution in [0.4, 0.5) is 0 Å². The van der Waals surface area contributed by atoms with Crippen molar-refractivity contribution in [1.29, 1.82) is 0 Å². The highest BCUT2D eigenvalue weighted by Gasteiger charge is 2.09. The molecular weight excluding hydrogens is 296 g/mol. The Hall–Kier alpha value is -2.47. The fraction of sp³-hybridized carbons (Fsp3) is 0.188. The highest BCUT2D eigenvalue weighted by Crippen LogP contribution is 2.15. The topological polar surface area (TPSA) is 59.3 Å². The second-order valence-corrected chi connectivity index (χ2v) is 5.94. The van der Waals surface area contributed by atoms with Crippen LogP contribution in [0, 0.1) is 13.8 Å². The van der Waals surface area contributed by atoms with Crippen molar-refractivity contribution in [2.24, 2.45) is 5.10 Å². The molecule has 0 saturated carbocycles. The number of benzene rings is 1. The third-order valence-corrected chi connectivity index (χ3v) is 4.37. The van der Waals surface area contributed by atoms with Crippen molar-refractivity contribution in [3.63, 3.8) is 0 Å². The van der Waals surface area contributed by atoms with E-state index in [0.717, 1.165) is 27.3 Å². The summed E-state index contributed by atoms with van der Waals surface area (Å²) in [5.74, 6) is 0.645. The van der Waals surface area contributed by atoms with Crippen molar-refractivity contribution in [3.05, 3.63) is 52.0 Å². The molecule has 0 radical (unpaired) electrons. The summed E-state index contributed by atoms with van der Waals surface area (Å²) in [6.07, 6.45) is 1.68. The molecule has 0 aliphatic rings. The molecule has 3 rings (SSSR count). The average Bonchev–Trinajstić information content (AvgIpc) is 3.04. The van der Waals surface area contributed by atoms with Gasteiger partial charge in [-0.25, -0.2) is 10.4 Å². The van der Waals surface area contributed by atoms with E-state index in [4.69, 9.17) is 0 Å². The van der Waals surface area contributed by atoms with Gasteiger partial charge in [0.15, 0.2) is 0 Å². The number of para-hydroxylation sites is 2. The molecule has 1 aromatic carbocycles. The number of hydrazone groups is 1. The second-order valence-electron chi connectivity index (χ2n) is 4.99. The second kappa shape index (κ2) is 6.11. The molecule has 3 aromatic rings. The lowest BCUT2D eigenvalue weighted by atomic mass is 10.3. The van der Waals surface area contributed by atoms with Gasteiger partial charge < -0.3 is 4.57 Å². The number of amides is 1. The molecule has 0 fully saturated rings.